The van der Waals surface area contributed by atoms with E-state index in [2.05, 4.69) is 24.1 Å². The van der Waals surface area contributed by atoms with Crippen LogP contribution in [-0.4, -0.2) is 61.5 Å². The van der Waals surface area contributed by atoms with Crippen molar-refractivity contribution in [3.05, 3.63) is 0 Å². The molecule has 2 aliphatic rings. The first-order valence-electron chi connectivity index (χ1n) is 8.22. The third-order valence-electron chi connectivity index (χ3n) is 5.17. The van der Waals surface area contributed by atoms with Gasteiger partial charge >= 0.3 is 0 Å². The van der Waals surface area contributed by atoms with Crippen molar-refractivity contribution < 1.29 is 9.84 Å². The molecule has 2 fully saturated rings. The molecule has 4 nitrogen and oxygen atoms in total. The average molecular weight is 284 g/mol. The first kappa shape index (κ1) is 16.2. The van der Waals surface area contributed by atoms with Gasteiger partial charge in [0.25, 0.3) is 0 Å². The molecule has 0 radical (unpaired) electrons. The van der Waals surface area contributed by atoms with E-state index in [1.165, 1.54) is 32.1 Å². The van der Waals surface area contributed by atoms with Gasteiger partial charge < -0.3 is 15.2 Å². The van der Waals surface area contributed by atoms with E-state index < -0.39 is 0 Å². The Hall–Kier alpha value is -0.160. The molecule has 4 heteroatoms. The third-order valence-corrected chi connectivity index (χ3v) is 5.17. The van der Waals surface area contributed by atoms with Gasteiger partial charge in [0, 0.05) is 43.7 Å². The second-order valence-electron chi connectivity index (χ2n) is 7.23. The molecule has 0 amide bonds. The molecule has 0 spiro atoms. The lowest BCUT2D eigenvalue weighted by Gasteiger charge is -2.42. The number of morpholine rings is 1. The number of rotatable bonds is 6. The van der Waals surface area contributed by atoms with Crippen LogP contribution < -0.4 is 5.32 Å². The molecular weight excluding hydrogens is 252 g/mol. The van der Waals surface area contributed by atoms with Gasteiger partial charge in [-0.3, -0.25) is 4.90 Å². The SMILES string of the molecule is CC(C)(CNCC1(CO)CCCCC1)N1CCOCC1. The summed E-state index contributed by atoms with van der Waals surface area (Å²) in [4.78, 5) is 2.51. The van der Waals surface area contributed by atoms with Crippen LogP contribution in [0.25, 0.3) is 0 Å². The Morgan fingerprint density at radius 1 is 1.15 bits per heavy atom. The first-order valence-corrected chi connectivity index (χ1v) is 8.22. The summed E-state index contributed by atoms with van der Waals surface area (Å²) in [6.45, 7) is 10.6. The molecule has 118 valence electrons. The van der Waals surface area contributed by atoms with Crippen molar-refractivity contribution in [2.75, 3.05) is 46.0 Å². The quantitative estimate of drug-likeness (QED) is 0.778. The van der Waals surface area contributed by atoms with Crippen LogP contribution in [0, 0.1) is 5.41 Å². The van der Waals surface area contributed by atoms with E-state index in [0.29, 0.717) is 6.61 Å². The number of nitrogens with zero attached hydrogens (tertiary/aromatic N) is 1. The first-order chi connectivity index (χ1) is 9.58. The van der Waals surface area contributed by atoms with Gasteiger partial charge in [-0.25, -0.2) is 0 Å². The maximum absolute atomic E-state index is 9.75. The molecule has 1 aliphatic carbocycles. The van der Waals surface area contributed by atoms with Gasteiger partial charge in [-0.05, 0) is 26.7 Å². The van der Waals surface area contributed by atoms with Crippen LogP contribution in [0.3, 0.4) is 0 Å². The highest BCUT2D eigenvalue weighted by Crippen LogP contribution is 2.35. The van der Waals surface area contributed by atoms with Crippen LogP contribution >= 0.6 is 0 Å². The Morgan fingerprint density at radius 2 is 1.80 bits per heavy atom. The van der Waals surface area contributed by atoms with Gasteiger partial charge in [-0.1, -0.05) is 19.3 Å². The van der Waals surface area contributed by atoms with E-state index in [1.807, 2.05) is 0 Å². The van der Waals surface area contributed by atoms with Crippen molar-refractivity contribution in [1.29, 1.82) is 0 Å². The zero-order chi connectivity index (χ0) is 14.5. The molecule has 0 bridgehead atoms. The van der Waals surface area contributed by atoms with Crippen molar-refractivity contribution in [2.24, 2.45) is 5.41 Å². The number of hydrogen-bond acceptors (Lipinski definition) is 4. The van der Waals surface area contributed by atoms with Gasteiger partial charge in [-0.15, -0.1) is 0 Å². The van der Waals surface area contributed by atoms with Gasteiger partial charge in [0.05, 0.1) is 13.2 Å². The number of aliphatic hydroxyl groups is 1. The number of aliphatic hydroxyl groups excluding tert-OH is 1. The van der Waals surface area contributed by atoms with E-state index >= 15 is 0 Å². The molecule has 1 saturated carbocycles. The summed E-state index contributed by atoms with van der Waals surface area (Å²) in [6, 6.07) is 0. The molecule has 0 aromatic rings. The highest BCUT2D eigenvalue weighted by molar-refractivity contribution is 4.89. The molecule has 1 heterocycles. The molecule has 2 N–H and O–H groups in total. The standard InChI is InChI=1S/C16H32N2O2/c1-15(2,18-8-10-20-11-9-18)12-17-13-16(14-19)6-4-3-5-7-16/h17,19H,3-14H2,1-2H3. The lowest BCUT2D eigenvalue weighted by molar-refractivity contribution is -0.0115. The van der Waals surface area contributed by atoms with E-state index in [1.54, 1.807) is 0 Å². The van der Waals surface area contributed by atoms with Crippen molar-refractivity contribution in [1.82, 2.24) is 10.2 Å². The van der Waals surface area contributed by atoms with Crippen LogP contribution in [0.15, 0.2) is 0 Å². The number of nitrogens with one attached hydrogen (secondary N) is 1. The topological polar surface area (TPSA) is 44.7 Å². The van der Waals surface area contributed by atoms with Crippen LogP contribution in [0.5, 0.6) is 0 Å². The monoisotopic (exact) mass is 284 g/mol. The minimum atomic E-state index is 0.138. The molecule has 0 aromatic heterocycles. The smallest absolute Gasteiger partial charge is 0.0594 e. The molecule has 0 aromatic carbocycles. The Kier molecular flexibility index (Phi) is 5.84. The fourth-order valence-corrected chi connectivity index (χ4v) is 3.61. The number of hydrogen-bond donors (Lipinski definition) is 2. The molecule has 0 atom stereocenters. The van der Waals surface area contributed by atoms with E-state index in [9.17, 15) is 5.11 Å². The summed E-state index contributed by atoms with van der Waals surface area (Å²) >= 11 is 0. The summed E-state index contributed by atoms with van der Waals surface area (Å²) in [5.74, 6) is 0. The zero-order valence-electron chi connectivity index (χ0n) is 13.3. The highest BCUT2D eigenvalue weighted by Gasteiger charge is 2.33. The van der Waals surface area contributed by atoms with Gasteiger partial charge in [0.1, 0.15) is 0 Å². The largest absolute Gasteiger partial charge is 0.396 e. The average Bonchev–Trinajstić information content (AvgIpc) is 2.49. The molecule has 2 rings (SSSR count). The van der Waals surface area contributed by atoms with Crippen molar-refractivity contribution in [2.45, 2.75) is 51.5 Å². The molecule has 1 saturated heterocycles. The van der Waals surface area contributed by atoms with Gasteiger partial charge in [0.2, 0.25) is 0 Å². The molecular formula is C16H32N2O2. The fraction of sp³-hybridized carbons (Fsp3) is 1.00. The molecule has 0 unspecified atom stereocenters. The minimum Gasteiger partial charge on any atom is -0.396 e. The predicted molar refractivity (Wildman–Crippen MR) is 81.9 cm³/mol. The van der Waals surface area contributed by atoms with E-state index in [0.717, 1.165) is 39.4 Å². The van der Waals surface area contributed by atoms with Crippen LogP contribution in [0.1, 0.15) is 46.0 Å². The fourth-order valence-electron chi connectivity index (χ4n) is 3.61. The number of ether oxygens (including phenoxy) is 1. The Labute approximate surface area is 123 Å². The van der Waals surface area contributed by atoms with E-state index in [4.69, 9.17) is 4.74 Å². The van der Waals surface area contributed by atoms with Crippen LogP contribution in [0.4, 0.5) is 0 Å². The third kappa shape index (κ3) is 4.17. The summed E-state index contributed by atoms with van der Waals surface area (Å²) in [5, 5.41) is 13.4. The van der Waals surface area contributed by atoms with Crippen LogP contribution in [-0.2, 0) is 4.74 Å². The Balaban J connectivity index is 1.78. The zero-order valence-corrected chi connectivity index (χ0v) is 13.3. The maximum atomic E-state index is 9.75. The van der Waals surface area contributed by atoms with E-state index in [-0.39, 0.29) is 11.0 Å². The summed E-state index contributed by atoms with van der Waals surface area (Å²) in [6.07, 6.45) is 6.23. The summed E-state index contributed by atoms with van der Waals surface area (Å²) < 4.78 is 5.43. The molecule has 1 aliphatic heterocycles. The Morgan fingerprint density at radius 3 is 2.40 bits per heavy atom. The second kappa shape index (κ2) is 7.21. The van der Waals surface area contributed by atoms with Crippen LogP contribution in [0.2, 0.25) is 0 Å². The lowest BCUT2D eigenvalue weighted by atomic mass is 9.74. The van der Waals surface area contributed by atoms with Crippen molar-refractivity contribution in [3.63, 3.8) is 0 Å². The Bertz CT molecular complexity index is 282. The van der Waals surface area contributed by atoms with Crippen molar-refractivity contribution >= 4 is 0 Å². The van der Waals surface area contributed by atoms with Crippen molar-refractivity contribution in [3.8, 4) is 0 Å². The second-order valence-corrected chi connectivity index (χ2v) is 7.23. The molecule has 20 heavy (non-hydrogen) atoms. The van der Waals surface area contributed by atoms with Gasteiger partial charge in [0.15, 0.2) is 0 Å². The summed E-state index contributed by atoms with van der Waals surface area (Å²) in [5.41, 5.74) is 0.300. The minimum absolute atomic E-state index is 0.138. The normalized spacial score (nSPS) is 24.8. The lowest BCUT2D eigenvalue weighted by Crippen LogP contribution is -2.55. The van der Waals surface area contributed by atoms with Gasteiger partial charge in [-0.2, -0.15) is 0 Å². The predicted octanol–water partition coefficient (Wildman–Crippen LogP) is 1.63. The maximum Gasteiger partial charge on any atom is 0.0594 e. The highest BCUT2D eigenvalue weighted by atomic mass is 16.5. The summed E-state index contributed by atoms with van der Waals surface area (Å²) in [7, 11) is 0.